The normalized spacial score (nSPS) is 26.0. The molecular formula is C30H39N5O5. The van der Waals surface area contributed by atoms with Crippen molar-refractivity contribution in [1.29, 1.82) is 0 Å². The highest BCUT2D eigenvalue weighted by molar-refractivity contribution is 6.03. The van der Waals surface area contributed by atoms with Crippen LogP contribution in [0.3, 0.4) is 0 Å². The predicted molar refractivity (Wildman–Crippen MR) is 153 cm³/mol. The Kier molecular flexibility index (Phi) is 9.15. The number of allylic oxidation sites excluding steroid dienone is 9. The second-order valence-corrected chi connectivity index (χ2v) is 11.2. The molecule has 1 fully saturated rings. The zero-order valence-electron chi connectivity index (χ0n) is 23.7. The van der Waals surface area contributed by atoms with Crippen LogP contribution in [0, 0.1) is 5.41 Å². The summed E-state index contributed by atoms with van der Waals surface area (Å²) in [7, 11) is 0. The zero-order chi connectivity index (χ0) is 29.0. The summed E-state index contributed by atoms with van der Waals surface area (Å²) in [6.45, 7) is 10.3. The van der Waals surface area contributed by atoms with Gasteiger partial charge in [0.25, 0.3) is 0 Å². The third-order valence-corrected chi connectivity index (χ3v) is 7.52. The highest BCUT2D eigenvalue weighted by Crippen LogP contribution is 2.40. The first-order valence-corrected chi connectivity index (χ1v) is 13.5. The van der Waals surface area contributed by atoms with E-state index in [4.69, 9.17) is 4.74 Å². The van der Waals surface area contributed by atoms with Crippen LogP contribution in [0.4, 0.5) is 5.82 Å². The van der Waals surface area contributed by atoms with Crippen LogP contribution < -0.4 is 5.32 Å². The SMILES string of the molecule is CC1=C(/C=C/C(C)=C/C=C/C(C)=C/C(=O)Nc2ncnc3c2ncn3[C@@H]2O[C@H](CO)C(O)[C@@H]2O)C(C)(C)CCC1. The minimum atomic E-state index is -1.28. The van der Waals surface area contributed by atoms with Crippen LogP contribution in [0.2, 0.25) is 0 Å². The number of aliphatic hydroxyl groups is 3. The first-order chi connectivity index (χ1) is 19.0. The van der Waals surface area contributed by atoms with E-state index in [0.29, 0.717) is 11.2 Å². The van der Waals surface area contributed by atoms with E-state index in [-0.39, 0.29) is 17.1 Å². The monoisotopic (exact) mass is 549 g/mol. The number of carbonyl (C=O) groups excluding carboxylic acids is 1. The number of fused-ring (bicyclic) bond motifs is 1. The number of ether oxygens (including phenoxy) is 1. The van der Waals surface area contributed by atoms with Crippen LogP contribution in [0.1, 0.15) is 60.1 Å². The van der Waals surface area contributed by atoms with Crippen LogP contribution in [-0.2, 0) is 9.53 Å². The number of aromatic nitrogens is 4. The van der Waals surface area contributed by atoms with Gasteiger partial charge in [-0.1, -0.05) is 55.4 Å². The Hall–Kier alpha value is -3.44. The Morgan fingerprint density at radius 1 is 1.18 bits per heavy atom. The van der Waals surface area contributed by atoms with Gasteiger partial charge in [0.2, 0.25) is 5.91 Å². The van der Waals surface area contributed by atoms with Crippen LogP contribution in [-0.4, -0.2) is 65.7 Å². The van der Waals surface area contributed by atoms with Crippen molar-refractivity contribution in [3.05, 3.63) is 71.4 Å². The number of hydrogen-bond donors (Lipinski definition) is 4. The largest absolute Gasteiger partial charge is 0.394 e. The van der Waals surface area contributed by atoms with Crippen molar-refractivity contribution < 1.29 is 24.9 Å². The molecule has 1 aliphatic heterocycles. The van der Waals surface area contributed by atoms with Crippen LogP contribution >= 0.6 is 0 Å². The average molecular weight is 550 g/mol. The highest BCUT2D eigenvalue weighted by atomic mass is 16.6. The fourth-order valence-corrected chi connectivity index (χ4v) is 5.28. The molecule has 10 heteroatoms. The Labute approximate surface area is 234 Å². The molecule has 1 unspecified atom stereocenters. The maximum atomic E-state index is 12.7. The van der Waals surface area contributed by atoms with E-state index < -0.39 is 31.1 Å². The lowest BCUT2D eigenvalue weighted by Gasteiger charge is -2.32. The summed E-state index contributed by atoms with van der Waals surface area (Å²) in [5.74, 6) is -0.184. The third kappa shape index (κ3) is 6.47. The molecule has 10 nitrogen and oxygen atoms in total. The molecule has 1 aliphatic carbocycles. The van der Waals surface area contributed by atoms with Gasteiger partial charge in [0.05, 0.1) is 12.9 Å². The van der Waals surface area contributed by atoms with Crippen LogP contribution in [0.25, 0.3) is 11.2 Å². The molecule has 0 radical (unpaired) electrons. The lowest BCUT2D eigenvalue weighted by atomic mass is 9.72. The van der Waals surface area contributed by atoms with Crippen molar-refractivity contribution in [2.45, 2.75) is 78.4 Å². The van der Waals surface area contributed by atoms with E-state index in [1.54, 1.807) is 0 Å². The van der Waals surface area contributed by atoms with Gasteiger partial charge in [0.15, 0.2) is 23.2 Å². The van der Waals surface area contributed by atoms with Gasteiger partial charge in [-0.2, -0.15) is 0 Å². The molecule has 2 aromatic rings. The van der Waals surface area contributed by atoms with E-state index in [0.717, 1.165) is 17.6 Å². The van der Waals surface area contributed by atoms with Gasteiger partial charge in [-0.3, -0.25) is 9.36 Å². The molecule has 0 spiro atoms. The van der Waals surface area contributed by atoms with Crippen LogP contribution in [0.5, 0.6) is 0 Å². The summed E-state index contributed by atoms with van der Waals surface area (Å²) in [5.41, 5.74) is 5.55. The molecule has 0 aromatic carbocycles. The lowest BCUT2D eigenvalue weighted by molar-refractivity contribution is -0.112. The summed E-state index contributed by atoms with van der Waals surface area (Å²) >= 11 is 0. The molecule has 3 heterocycles. The van der Waals surface area contributed by atoms with E-state index in [1.165, 1.54) is 47.3 Å². The number of anilines is 1. The van der Waals surface area contributed by atoms with Gasteiger partial charge in [-0.05, 0) is 56.6 Å². The smallest absolute Gasteiger partial charge is 0.249 e. The number of carbonyl (C=O) groups is 1. The summed E-state index contributed by atoms with van der Waals surface area (Å²) in [6, 6.07) is 0. The van der Waals surface area contributed by atoms with Crippen molar-refractivity contribution in [2.75, 3.05) is 11.9 Å². The van der Waals surface area contributed by atoms with Gasteiger partial charge < -0.3 is 25.4 Å². The van der Waals surface area contributed by atoms with E-state index >= 15 is 0 Å². The minimum Gasteiger partial charge on any atom is -0.394 e. The number of imidazole rings is 1. The first kappa shape index (κ1) is 29.5. The number of hydrogen-bond acceptors (Lipinski definition) is 8. The molecule has 4 N–H and O–H groups in total. The average Bonchev–Trinajstić information content (AvgIpc) is 3.44. The Morgan fingerprint density at radius 3 is 2.65 bits per heavy atom. The minimum absolute atomic E-state index is 0.199. The number of amides is 1. The fourth-order valence-electron chi connectivity index (χ4n) is 5.28. The molecule has 0 bridgehead atoms. The third-order valence-electron chi connectivity index (χ3n) is 7.52. The predicted octanol–water partition coefficient (Wildman–Crippen LogP) is 3.91. The number of nitrogens with one attached hydrogen (secondary N) is 1. The van der Waals surface area contributed by atoms with Gasteiger partial charge >= 0.3 is 0 Å². The summed E-state index contributed by atoms with van der Waals surface area (Å²) in [5, 5.41) is 32.5. The van der Waals surface area contributed by atoms with Crippen molar-refractivity contribution >= 4 is 22.9 Å². The number of rotatable bonds is 8. The summed E-state index contributed by atoms with van der Waals surface area (Å²) < 4.78 is 7.01. The molecule has 4 rings (SSSR count). The van der Waals surface area contributed by atoms with Gasteiger partial charge in [-0.15, -0.1) is 0 Å². The molecule has 1 saturated heterocycles. The van der Waals surface area contributed by atoms with Crippen LogP contribution in [0.15, 0.2) is 71.4 Å². The zero-order valence-corrected chi connectivity index (χ0v) is 23.7. The van der Waals surface area contributed by atoms with E-state index in [1.807, 2.05) is 25.2 Å². The first-order valence-electron chi connectivity index (χ1n) is 13.5. The lowest BCUT2D eigenvalue weighted by Crippen LogP contribution is -2.33. The van der Waals surface area contributed by atoms with Crippen molar-refractivity contribution in [3.8, 4) is 0 Å². The second kappa shape index (κ2) is 12.4. The summed E-state index contributed by atoms with van der Waals surface area (Å²) in [6.07, 6.45) is 13.4. The van der Waals surface area contributed by atoms with Crippen molar-refractivity contribution in [1.82, 2.24) is 19.5 Å². The number of aliphatic hydroxyl groups excluding tert-OH is 3. The molecular weight excluding hydrogens is 510 g/mol. The summed E-state index contributed by atoms with van der Waals surface area (Å²) in [4.78, 5) is 25.3. The molecule has 4 atom stereocenters. The van der Waals surface area contributed by atoms with Crippen molar-refractivity contribution in [2.24, 2.45) is 5.41 Å². The second-order valence-electron chi connectivity index (χ2n) is 11.2. The Balaban J connectivity index is 1.41. The van der Waals surface area contributed by atoms with E-state index in [9.17, 15) is 20.1 Å². The maximum Gasteiger partial charge on any atom is 0.249 e. The standard InChI is InChI=1S/C30H39N5O5/c1-18(11-12-21-20(3)10-7-13-30(21,4)5)8-6-9-19(2)14-23(37)34-27-24-28(32-16-31-27)35(17-33-24)29-26(39)25(38)22(15-36)40-29/h6,8-9,11-12,14,16-17,22,25-26,29,36,38-39H,7,10,13,15H2,1-5H3,(H,31,32,34,37)/b9-6+,12-11+,18-8+,19-14+/t22-,25?,26+,29-/m1/s1. The highest BCUT2D eigenvalue weighted by Gasteiger charge is 2.44. The Bertz CT molecular complexity index is 1400. The molecule has 0 saturated carbocycles. The van der Waals surface area contributed by atoms with Gasteiger partial charge in [0.1, 0.15) is 24.6 Å². The van der Waals surface area contributed by atoms with E-state index in [2.05, 4.69) is 60.1 Å². The number of nitrogens with zero attached hydrogens (tertiary/aromatic N) is 4. The van der Waals surface area contributed by atoms with Crippen molar-refractivity contribution in [3.63, 3.8) is 0 Å². The quantitative estimate of drug-likeness (QED) is 0.287. The molecule has 40 heavy (non-hydrogen) atoms. The topological polar surface area (TPSA) is 143 Å². The van der Waals surface area contributed by atoms with Gasteiger partial charge in [0, 0.05) is 6.08 Å². The maximum absolute atomic E-state index is 12.7. The molecule has 2 aliphatic rings. The van der Waals surface area contributed by atoms with Gasteiger partial charge in [-0.25, -0.2) is 15.0 Å². The molecule has 1 amide bonds. The molecule has 214 valence electrons. The Morgan fingerprint density at radius 2 is 1.95 bits per heavy atom. The molecule has 2 aromatic heterocycles. The fraction of sp³-hybridized carbons (Fsp3) is 0.467.